The van der Waals surface area contributed by atoms with Gasteiger partial charge in [0.25, 0.3) is 7.82 Å². The monoisotopic (exact) mass is 1270 g/mol. The number of phosphoric ester groups is 1. The van der Waals surface area contributed by atoms with Crippen LogP contribution in [-0.2, 0) is 32.7 Å². The van der Waals surface area contributed by atoms with Gasteiger partial charge in [0.2, 0.25) is 0 Å². The molecule has 0 radical (unpaired) electrons. The minimum atomic E-state index is -4.64. The highest BCUT2D eigenvalue weighted by atomic mass is 31.2. The van der Waals surface area contributed by atoms with Crippen LogP contribution in [0.3, 0.4) is 0 Å². The predicted octanol–water partition coefficient (Wildman–Crippen LogP) is 25.4. The Kier molecular flexibility index (Phi) is 69.5. The van der Waals surface area contributed by atoms with Crippen molar-refractivity contribution in [3.05, 3.63) is 0 Å². The third-order valence-electron chi connectivity index (χ3n) is 18.6. The summed E-state index contributed by atoms with van der Waals surface area (Å²) in [6.07, 6.45) is 86.7. The van der Waals surface area contributed by atoms with Crippen molar-refractivity contribution in [2.24, 2.45) is 0 Å². The zero-order valence-electron chi connectivity index (χ0n) is 60.2. The first-order valence-corrected chi connectivity index (χ1v) is 41.2. The van der Waals surface area contributed by atoms with Gasteiger partial charge in [-0.2, -0.15) is 0 Å². The fourth-order valence-corrected chi connectivity index (χ4v) is 13.3. The largest absolute Gasteiger partial charge is 0.756 e. The van der Waals surface area contributed by atoms with Crippen LogP contribution in [0.4, 0.5) is 0 Å². The number of quaternary nitrogens is 1. The molecule has 0 aromatic heterocycles. The average Bonchev–Trinajstić information content (AvgIpc) is 3.58. The molecule has 0 N–H and O–H groups in total. The van der Waals surface area contributed by atoms with E-state index in [1.807, 2.05) is 21.1 Å². The average molecular weight is 1270 g/mol. The molecule has 0 spiro atoms. The molecule has 0 aromatic carbocycles. The van der Waals surface area contributed by atoms with Crippen molar-refractivity contribution in [3.63, 3.8) is 0 Å². The summed E-state index contributed by atoms with van der Waals surface area (Å²) in [5.41, 5.74) is 0. The summed E-state index contributed by atoms with van der Waals surface area (Å²) in [6.45, 7) is 4.35. The lowest BCUT2D eigenvalue weighted by Crippen LogP contribution is -2.37. The molecule has 0 heterocycles. The van der Waals surface area contributed by atoms with Crippen molar-refractivity contribution in [1.29, 1.82) is 0 Å². The Labute approximate surface area is 550 Å². The number of unbranched alkanes of at least 4 members (excludes halogenated alkanes) is 62. The van der Waals surface area contributed by atoms with Crippen molar-refractivity contribution in [2.75, 3.05) is 47.5 Å². The van der Waals surface area contributed by atoms with Crippen molar-refractivity contribution >= 4 is 19.8 Å². The van der Waals surface area contributed by atoms with Gasteiger partial charge in [-0.1, -0.05) is 412 Å². The van der Waals surface area contributed by atoms with E-state index in [1.165, 1.54) is 372 Å². The van der Waals surface area contributed by atoms with Gasteiger partial charge in [-0.3, -0.25) is 14.2 Å². The molecule has 9 nitrogen and oxygen atoms in total. The minimum Gasteiger partial charge on any atom is -0.756 e. The molecule has 0 saturated heterocycles. The van der Waals surface area contributed by atoms with E-state index >= 15 is 0 Å². The van der Waals surface area contributed by atoms with Crippen LogP contribution in [0.2, 0.25) is 0 Å². The molecule has 0 aliphatic carbocycles. The minimum absolute atomic E-state index is 0.0247. The molecule has 88 heavy (non-hydrogen) atoms. The van der Waals surface area contributed by atoms with E-state index in [0.29, 0.717) is 17.4 Å². The van der Waals surface area contributed by atoms with Crippen LogP contribution in [0.1, 0.15) is 438 Å². The first-order chi connectivity index (χ1) is 43.0. The van der Waals surface area contributed by atoms with E-state index in [1.54, 1.807) is 0 Å². The number of esters is 2. The van der Waals surface area contributed by atoms with Crippen LogP contribution < -0.4 is 4.89 Å². The van der Waals surface area contributed by atoms with Gasteiger partial charge in [-0.25, -0.2) is 0 Å². The van der Waals surface area contributed by atoms with Crippen LogP contribution in [0.5, 0.6) is 0 Å². The van der Waals surface area contributed by atoms with Gasteiger partial charge in [0, 0.05) is 12.8 Å². The third kappa shape index (κ3) is 74.1. The molecule has 0 fully saturated rings. The number of carbonyl (C=O) groups is 2. The van der Waals surface area contributed by atoms with E-state index in [9.17, 15) is 19.0 Å². The molecule has 10 heteroatoms. The van der Waals surface area contributed by atoms with Crippen LogP contribution in [-0.4, -0.2) is 70.0 Å². The van der Waals surface area contributed by atoms with E-state index in [2.05, 4.69) is 13.8 Å². The first kappa shape index (κ1) is 87.0. The zero-order valence-corrected chi connectivity index (χ0v) is 61.1. The number of hydrogen-bond acceptors (Lipinski definition) is 8. The maximum Gasteiger partial charge on any atom is 0.306 e. The standard InChI is InChI=1S/C78H156NO8P/c1-6-8-10-12-14-16-18-20-22-24-26-28-30-32-33-34-35-36-37-38-39-40-41-42-43-44-45-46-47-49-51-53-55-57-59-61-63-65-67-69-71-78(81)87-76(75-86-88(82,83)85-73-72-79(3,4)5)74-84-77(80)70-68-66-64-62-60-58-56-54-52-50-48-31-29-27-25-23-21-19-17-15-13-11-9-7-2/h76H,6-75H2,1-5H3. The summed E-state index contributed by atoms with van der Waals surface area (Å²) >= 11 is 0. The Morgan fingerprint density at radius 1 is 0.307 bits per heavy atom. The molecule has 0 aliphatic rings. The second kappa shape index (κ2) is 70.3. The Morgan fingerprint density at radius 3 is 0.727 bits per heavy atom. The van der Waals surface area contributed by atoms with Crippen LogP contribution in [0.25, 0.3) is 0 Å². The van der Waals surface area contributed by atoms with Crippen molar-refractivity contribution in [1.82, 2.24) is 0 Å². The van der Waals surface area contributed by atoms with Crippen molar-refractivity contribution in [3.8, 4) is 0 Å². The van der Waals surface area contributed by atoms with Gasteiger partial charge in [-0.05, 0) is 12.8 Å². The van der Waals surface area contributed by atoms with Crippen LogP contribution in [0.15, 0.2) is 0 Å². The van der Waals surface area contributed by atoms with Gasteiger partial charge in [0.05, 0.1) is 27.7 Å². The van der Waals surface area contributed by atoms with E-state index in [4.69, 9.17) is 18.5 Å². The van der Waals surface area contributed by atoms with E-state index < -0.39 is 26.5 Å². The Hall–Kier alpha value is -0.990. The van der Waals surface area contributed by atoms with Crippen LogP contribution in [0, 0.1) is 0 Å². The summed E-state index contributed by atoms with van der Waals surface area (Å²) in [7, 11) is 1.20. The van der Waals surface area contributed by atoms with Crippen molar-refractivity contribution < 1.29 is 42.1 Å². The lowest BCUT2D eigenvalue weighted by Gasteiger charge is -2.28. The summed E-state index contributed by atoms with van der Waals surface area (Å²) in [5, 5.41) is 0. The third-order valence-corrected chi connectivity index (χ3v) is 19.6. The number of rotatable bonds is 76. The summed E-state index contributed by atoms with van der Waals surface area (Å²) in [6, 6.07) is 0. The van der Waals surface area contributed by atoms with Gasteiger partial charge in [0.15, 0.2) is 6.10 Å². The topological polar surface area (TPSA) is 111 Å². The van der Waals surface area contributed by atoms with Gasteiger partial charge < -0.3 is 27.9 Å². The second-order valence-electron chi connectivity index (χ2n) is 28.8. The number of ether oxygens (including phenoxy) is 2. The Morgan fingerprint density at radius 2 is 0.511 bits per heavy atom. The maximum atomic E-state index is 12.9. The molecule has 2 atom stereocenters. The van der Waals surface area contributed by atoms with Gasteiger partial charge in [-0.15, -0.1) is 0 Å². The molecular weight excluding hydrogens is 1110 g/mol. The smallest absolute Gasteiger partial charge is 0.306 e. The zero-order chi connectivity index (χ0) is 64.1. The number of hydrogen-bond donors (Lipinski definition) is 0. The fraction of sp³-hybridized carbons (Fsp3) is 0.974. The molecular formula is C78H156NO8P. The molecule has 0 rings (SSSR count). The van der Waals surface area contributed by atoms with E-state index in [-0.39, 0.29) is 32.0 Å². The SMILES string of the molecule is CCCCCCCCCCCCCCCCCCCCCCCCCCCCCCCCCCCCCCCCCCC(=O)OC(COC(=O)CCCCCCCCCCCCCCCCCCCCCCCCCC)COP(=O)([O-])OCC[N+](C)(C)C. The lowest BCUT2D eigenvalue weighted by atomic mass is 10.0. The molecule has 0 aromatic rings. The van der Waals surface area contributed by atoms with Crippen molar-refractivity contribution in [2.45, 2.75) is 444 Å². The molecule has 0 bridgehead atoms. The highest BCUT2D eigenvalue weighted by molar-refractivity contribution is 7.45. The normalized spacial score (nSPS) is 12.9. The molecule has 0 saturated carbocycles. The second-order valence-corrected chi connectivity index (χ2v) is 30.2. The predicted molar refractivity (Wildman–Crippen MR) is 379 cm³/mol. The molecule has 2 unspecified atom stereocenters. The lowest BCUT2D eigenvalue weighted by molar-refractivity contribution is -0.870. The van der Waals surface area contributed by atoms with E-state index in [0.717, 1.165) is 32.1 Å². The van der Waals surface area contributed by atoms with Crippen LogP contribution >= 0.6 is 7.82 Å². The number of phosphoric acid groups is 1. The maximum absolute atomic E-state index is 12.9. The Bertz CT molecular complexity index is 1440. The number of likely N-dealkylation sites (N-methyl/N-ethyl adjacent to an activating group) is 1. The summed E-state index contributed by atoms with van der Waals surface area (Å²) in [4.78, 5) is 38.1. The number of carbonyl (C=O) groups excluding carboxylic acids is 2. The molecule has 0 aliphatic heterocycles. The molecule has 0 amide bonds. The highest BCUT2D eigenvalue weighted by Gasteiger charge is 2.22. The summed E-state index contributed by atoms with van der Waals surface area (Å²) in [5.74, 6) is -0.801. The molecule has 526 valence electrons. The van der Waals surface area contributed by atoms with Gasteiger partial charge in [0.1, 0.15) is 19.8 Å². The quantitative estimate of drug-likeness (QED) is 0.0256. The summed E-state index contributed by atoms with van der Waals surface area (Å²) < 4.78 is 34.4. The first-order valence-electron chi connectivity index (χ1n) is 39.7. The number of nitrogens with zero attached hydrogens (tertiary/aromatic N) is 1. The fourth-order valence-electron chi connectivity index (χ4n) is 12.5. The highest BCUT2D eigenvalue weighted by Crippen LogP contribution is 2.38. The Balaban J connectivity index is 3.85. The van der Waals surface area contributed by atoms with Gasteiger partial charge >= 0.3 is 11.9 Å².